The van der Waals surface area contributed by atoms with Gasteiger partial charge in [-0.15, -0.1) is 0 Å². The highest BCUT2D eigenvalue weighted by molar-refractivity contribution is 9.10. The normalized spacial score (nSPS) is 9.89. The number of nitriles is 1. The highest BCUT2D eigenvalue weighted by Crippen LogP contribution is 2.29. The molecule has 0 aromatic heterocycles. The van der Waals surface area contributed by atoms with Gasteiger partial charge in [-0.2, -0.15) is 5.26 Å². The van der Waals surface area contributed by atoms with Crippen LogP contribution in [-0.2, 0) is 0 Å². The van der Waals surface area contributed by atoms with Crippen LogP contribution in [-0.4, -0.2) is 0 Å². The van der Waals surface area contributed by atoms with Gasteiger partial charge in [-0.1, -0.05) is 18.2 Å². The van der Waals surface area contributed by atoms with Crippen LogP contribution in [0.2, 0.25) is 0 Å². The van der Waals surface area contributed by atoms with E-state index in [4.69, 9.17) is 5.26 Å². The minimum absolute atomic E-state index is 0.334. The first kappa shape index (κ1) is 12.6. The molecule has 0 aliphatic rings. The first-order valence-corrected chi connectivity index (χ1v) is 6.13. The molecule has 0 radical (unpaired) electrons. The molecule has 0 heterocycles. The zero-order valence-electron chi connectivity index (χ0n) is 9.67. The smallest absolute Gasteiger partial charge is 0.146 e. The summed E-state index contributed by atoms with van der Waals surface area (Å²) in [4.78, 5) is 0. The Morgan fingerprint density at radius 1 is 1.22 bits per heavy atom. The Hall–Kier alpha value is -1.86. The lowest BCUT2D eigenvalue weighted by atomic mass is 10.1. The Morgan fingerprint density at radius 3 is 2.61 bits per heavy atom. The molecule has 1 N–H and O–H groups in total. The summed E-state index contributed by atoms with van der Waals surface area (Å²) in [6.45, 7) is 1.81. The van der Waals surface area contributed by atoms with Crippen molar-refractivity contribution in [2.24, 2.45) is 0 Å². The van der Waals surface area contributed by atoms with Crippen LogP contribution in [0.25, 0.3) is 0 Å². The van der Waals surface area contributed by atoms with Gasteiger partial charge in [0.05, 0.1) is 16.9 Å². The van der Waals surface area contributed by atoms with Gasteiger partial charge in [0.25, 0.3) is 0 Å². The summed E-state index contributed by atoms with van der Waals surface area (Å²) in [5, 5.41) is 12.1. The second-order valence-corrected chi connectivity index (χ2v) is 4.69. The topological polar surface area (TPSA) is 35.8 Å². The zero-order valence-corrected chi connectivity index (χ0v) is 11.3. The molecular weight excluding hydrogens is 295 g/mol. The van der Waals surface area contributed by atoms with Gasteiger partial charge in [0.1, 0.15) is 11.9 Å². The molecule has 0 fully saturated rings. The predicted octanol–water partition coefficient (Wildman–Crippen LogP) is 4.51. The summed E-state index contributed by atoms with van der Waals surface area (Å²) in [7, 11) is 0. The lowest BCUT2D eigenvalue weighted by Crippen LogP contribution is -1.99. The lowest BCUT2D eigenvalue weighted by molar-refractivity contribution is 0.631. The maximum absolute atomic E-state index is 13.7. The van der Waals surface area contributed by atoms with Gasteiger partial charge in [-0.05, 0) is 46.6 Å². The number of aryl methyl sites for hydroxylation is 1. The third-order valence-electron chi connectivity index (χ3n) is 2.61. The van der Waals surface area contributed by atoms with Crippen molar-refractivity contribution < 1.29 is 4.39 Å². The van der Waals surface area contributed by atoms with Crippen molar-refractivity contribution in [1.29, 1.82) is 5.26 Å². The number of nitrogens with one attached hydrogen (secondary N) is 1. The number of hydrogen-bond donors (Lipinski definition) is 1. The van der Waals surface area contributed by atoms with Gasteiger partial charge in [-0.25, -0.2) is 4.39 Å². The fourth-order valence-electron chi connectivity index (χ4n) is 1.67. The van der Waals surface area contributed by atoms with Crippen LogP contribution in [0.15, 0.2) is 40.9 Å². The molecule has 0 bridgehead atoms. The quantitative estimate of drug-likeness (QED) is 0.886. The number of hydrogen-bond acceptors (Lipinski definition) is 2. The number of para-hydroxylation sites is 1. The number of halogens is 2. The highest BCUT2D eigenvalue weighted by atomic mass is 79.9. The second-order valence-electron chi connectivity index (χ2n) is 3.83. The SMILES string of the molecule is Cc1cccc(F)c1Nc1cccc(Br)c1C#N. The molecule has 0 amide bonds. The molecule has 0 unspecified atom stereocenters. The van der Waals surface area contributed by atoms with Gasteiger partial charge in [-0.3, -0.25) is 0 Å². The number of rotatable bonds is 2. The number of anilines is 2. The van der Waals surface area contributed by atoms with Crippen LogP contribution in [0.5, 0.6) is 0 Å². The Bertz CT molecular complexity index is 612. The largest absolute Gasteiger partial charge is 0.352 e. The van der Waals surface area contributed by atoms with E-state index in [1.807, 2.05) is 13.0 Å². The van der Waals surface area contributed by atoms with E-state index in [0.717, 1.165) is 5.56 Å². The molecule has 18 heavy (non-hydrogen) atoms. The molecule has 4 heteroatoms. The number of benzene rings is 2. The number of nitrogens with zero attached hydrogens (tertiary/aromatic N) is 1. The van der Waals surface area contributed by atoms with Gasteiger partial charge in [0.15, 0.2) is 0 Å². The third-order valence-corrected chi connectivity index (χ3v) is 3.27. The van der Waals surface area contributed by atoms with Crippen LogP contribution in [0.1, 0.15) is 11.1 Å². The molecule has 0 aliphatic carbocycles. The Labute approximate surface area is 113 Å². The minimum atomic E-state index is -0.334. The first-order chi connectivity index (χ1) is 8.63. The minimum Gasteiger partial charge on any atom is -0.352 e. The van der Waals surface area contributed by atoms with Crippen LogP contribution in [0.4, 0.5) is 15.8 Å². The summed E-state index contributed by atoms with van der Waals surface area (Å²) < 4.78 is 14.4. The summed E-state index contributed by atoms with van der Waals surface area (Å²) in [6, 6.07) is 12.3. The van der Waals surface area contributed by atoms with Gasteiger partial charge < -0.3 is 5.32 Å². The fraction of sp³-hybridized carbons (Fsp3) is 0.0714. The molecule has 0 atom stereocenters. The van der Waals surface area contributed by atoms with E-state index < -0.39 is 0 Å². The molecule has 2 rings (SSSR count). The monoisotopic (exact) mass is 304 g/mol. The zero-order chi connectivity index (χ0) is 13.1. The van der Waals surface area contributed by atoms with Crippen molar-refractivity contribution in [2.45, 2.75) is 6.92 Å². The standard InChI is InChI=1S/C14H10BrFN2/c1-9-4-2-6-12(16)14(9)18-13-7-3-5-11(15)10(13)8-17/h2-7,18H,1H3. The fourth-order valence-corrected chi connectivity index (χ4v) is 2.12. The molecule has 90 valence electrons. The Kier molecular flexibility index (Phi) is 3.63. The molecule has 0 aliphatic heterocycles. The average molecular weight is 305 g/mol. The first-order valence-electron chi connectivity index (χ1n) is 5.34. The molecule has 0 spiro atoms. The van der Waals surface area contributed by atoms with E-state index in [9.17, 15) is 4.39 Å². The second kappa shape index (κ2) is 5.19. The molecule has 2 nitrogen and oxygen atoms in total. The lowest BCUT2D eigenvalue weighted by Gasteiger charge is -2.12. The summed E-state index contributed by atoms with van der Waals surface area (Å²) in [6.07, 6.45) is 0. The van der Waals surface area contributed by atoms with Crippen molar-refractivity contribution in [3.05, 3.63) is 57.8 Å². The average Bonchev–Trinajstić information content (AvgIpc) is 2.34. The molecule has 2 aromatic rings. The van der Waals surface area contributed by atoms with Crippen LogP contribution >= 0.6 is 15.9 Å². The van der Waals surface area contributed by atoms with E-state index in [1.54, 1.807) is 24.3 Å². The summed E-state index contributed by atoms with van der Waals surface area (Å²) in [5.41, 5.74) is 2.23. The Morgan fingerprint density at radius 2 is 1.94 bits per heavy atom. The van der Waals surface area contributed by atoms with Crippen LogP contribution < -0.4 is 5.32 Å². The van der Waals surface area contributed by atoms with E-state index in [-0.39, 0.29) is 5.82 Å². The van der Waals surface area contributed by atoms with Gasteiger partial charge in [0, 0.05) is 4.47 Å². The highest BCUT2D eigenvalue weighted by Gasteiger charge is 2.10. The third kappa shape index (κ3) is 2.36. The van der Waals surface area contributed by atoms with Crippen molar-refractivity contribution in [2.75, 3.05) is 5.32 Å². The Balaban J connectivity index is 2.48. The van der Waals surface area contributed by atoms with Crippen molar-refractivity contribution >= 4 is 27.3 Å². The summed E-state index contributed by atoms with van der Waals surface area (Å²) in [5.74, 6) is -0.334. The maximum atomic E-state index is 13.7. The van der Waals surface area contributed by atoms with Crippen LogP contribution in [0, 0.1) is 24.1 Å². The van der Waals surface area contributed by atoms with Crippen molar-refractivity contribution in [3.8, 4) is 6.07 Å². The van der Waals surface area contributed by atoms with Crippen LogP contribution in [0.3, 0.4) is 0 Å². The molecule has 0 saturated heterocycles. The van der Waals surface area contributed by atoms with E-state index in [2.05, 4.69) is 27.3 Å². The van der Waals surface area contributed by atoms with E-state index in [1.165, 1.54) is 6.07 Å². The van der Waals surface area contributed by atoms with E-state index >= 15 is 0 Å². The maximum Gasteiger partial charge on any atom is 0.146 e. The van der Waals surface area contributed by atoms with Gasteiger partial charge >= 0.3 is 0 Å². The molecule has 2 aromatic carbocycles. The molecular formula is C14H10BrFN2. The van der Waals surface area contributed by atoms with Crippen molar-refractivity contribution in [3.63, 3.8) is 0 Å². The van der Waals surface area contributed by atoms with Crippen molar-refractivity contribution in [1.82, 2.24) is 0 Å². The predicted molar refractivity (Wildman–Crippen MR) is 73.3 cm³/mol. The summed E-state index contributed by atoms with van der Waals surface area (Å²) >= 11 is 3.30. The van der Waals surface area contributed by atoms with Gasteiger partial charge in [0.2, 0.25) is 0 Å². The van der Waals surface area contributed by atoms with E-state index in [0.29, 0.717) is 21.4 Å². The molecule has 0 saturated carbocycles.